The van der Waals surface area contributed by atoms with Crippen molar-refractivity contribution in [3.05, 3.63) is 71.3 Å². The van der Waals surface area contributed by atoms with Crippen LogP contribution in [0.15, 0.2) is 59.6 Å². The lowest BCUT2D eigenvalue weighted by Crippen LogP contribution is -2.49. The summed E-state index contributed by atoms with van der Waals surface area (Å²) in [5, 5.41) is 0. The fraction of sp³-hybridized carbons (Fsp3) is 0.348. The van der Waals surface area contributed by atoms with Crippen LogP contribution in [-0.2, 0) is 0 Å². The van der Waals surface area contributed by atoms with Crippen molar-refractivity contribution in [1.29, 1.82) is 0 Å². The van der Waals surface area contributed by atoms with Crippen LogP contribution in [0.4, 0.5) is 0 Å². The molecule has 2 aromatic carbocycles. The van der Waals surface area contributed by atoms with Crippen LogP contribution >= 0.6 is 12.2 Å². The van der Waals surface area contributed by atoms with Crippen molar-refractivity contribution in [2.24, 2.45) is 4.99 Å². The molecule has 1 aliphatic carbocycles. The van der Waals surface area contributed by atoms with Crippen LogP contribution in [0.3, 0.4) is 0 Å². The monoisotopic (exact) mass is 376 g/mol. The van der Waals surface area contributed by atoms with E-state index >= 15 is 0 Å². The molecule has 2 aromatic rings. The molecule has 1 saturated carbocycles. The largest absolute Gasteiger partial charge is 0.271 e. The van der Waals surface area contributed by atoms with E-state index < -0.39 is 5.66 Å². The number of carbonyl (C=O) groups excluding carboxylic acids is 1. The lowest BCUT2D eigenvalue weighted by Gasteiger charge is -2.35. The first-order valence-corrected chi connectivity index (χ1v) is 10.1. The second-order valence-electron chi connectivity index (χ2n) is 7.54. The molecule has 0 aromatic heterocycles. The van der Waals surface area contributed by atoms with Crippen molar-refractivity contribution >= 4 is 28.8 Å². The highest BCUT2D eigenvalue weighted by atomic mass is 32.1. The zero-order valence-electron chi connectivity index (χ0n) is 15.6. The van der Waals surface area contributed by atoms with Gasteiger partial charge in [0.2, 0.25) is 0 Å². The van der Waals surface area contributed by atoms with E-state index in [9.17, 15) is 4.79 Å². The molecule has 1 aliphatic heterocycles. The highest BCUT2D eigenvalue weighted by Gasteiger charge is 2.48. The quantitative estimate of drug-likeness (QED) is 0.665. The number of thiocarbonyl (C=S) groups is 1. The van der Waals surface area contributed by atoms with E-state index in [4.69, 9.17) is 17.2 Å². The Morgan fingerprint density at radius 1 is 1.00 bits per heavy atom. The smallest absolute Gasteiger partial charge is 0.260 e. The Bertz CT molecular complexity index is 896. The van der Waals surface area contributed by atoms with E-state index in [0.717, 1.165) is 37.0 Å². The first kappa shape index (κ1) is 18.1. The van der Waals surface area contributed by atoms with Gasteiger partial charge in [0, 0.05) is 11.1 Å². The van der Waals surface area contributed by atoms with Gasteiger partial charge in [0.1, 0.15) is 16.4 Å². The number of hydrogen-bond acceptors (Lipinski definition) is 3. The highest BCUT2D eigenvalue weighted by Crippen LogP contribution is 2.40. The summed E-state index contributed by atoms with van der Waals surface area (Å²) in [5.41, 5.74) is 3.11. The first-order valence-electron chi connectivity index (χ1n) is 9.72. The Morgan fingerprint density at radius 3 is 2.37 bits per heavy atom. The molecule has 138 valence electrons. The van der Waals surface area contributed by atoms with Crippen LogP contribution in [0.1, 0.15) is 60.0 Å². The Hall–Kier alpha value is -2.33. The van der Waals surface area contributed by atoms with E-state index in [1.165, 1.54) is 18.4 Å². The zero-order valence-corrected chi connectivity index (χ0v) is 16.5. The van der Waals surface area contributed by atoms with E-state index in [1.54, 1.807) is 0 Å². The van der Waals surface area contributed by atoms with Crippen LogP contribution in [-0.4, -0.2) is 27.2 Å². The average Bonchev–Trinajstić information content (AvgIpc) is 2.82. The zero-order chi connectivity index (χ0) is 18.9. The SMILES string of the molecule is Cc1cccc(C2=NC3(CCCCCC3)N(C(=O)c3ccccc3)C2=S)c1. The maximum atomic E-state index is 13.5. The molecule has 0 atom stereocenters. The maximum absolute atomic E-state index is 13.5. The molecule has 27 heavy (non-hydrogen) atoms. The summed E-state index contributed by atoms with van der Waals surface area (Å²) in [5.74, 6) is -0.0334. The van der Waals surface area contributed by atoms with Gasteiger partial charge in [-0.2, -0.15) is 0 Å². The van der Waals surface area contributed by atoms with Crippen molar-refractivity contribution in [1.82, 2.24) is 4.90 Å². The third-order valence-corrected chi connectivity index (χ3v) is 5.94. The van der Waals surface area contributed by atoms with Gasteiger partial charge < -0.3 is 0 Å². The topological polar surface area (TPSA) is 32.7 Å². The van der Waals surface area contributed by atoms with Gasteiger partial charge in [-0.3, -0.25) is 14.7 Å². The molecular formula is C23H24N2OS. The minimum atomic E-state index is -0.528. The van der Waals surface area contributed by atoms with Gasteiger partial charge in [-0.25, -0.2) is 0 Å². The standard InChI is InChI=1S/C23H24N2OS/c1-17-10-9-13-19(16-17)20-22(27)25(21(26)18-11-5-4-6-12-18)23(24-20)14-7-2-3-8-15-23/h4-6,9-13,16H,2-3,7-8,14-15H2,1H3. The summed E-state index contributed by atoms with van der Waals surface area (Å²) in [6, 6.07) is 17.7. The lowest BCUT2D eigenvalue weighted by atomic mass is 9.99. The number of nitrogens with zero attached hydrogens (tertiary/aromatic N) is 2. The molecule has 3 nitrogen and oxygen atoms in total. The van der Waals surface area contributed by atoms with Gasteiger partial charge in [0.15, 0.2) is 0 Å². The number of carbonyl (C=O) groups is 1. The fourth-order valence-electron chi connectivity index (χ4n) is 4.20. The minimum Gasteiger partial charge on any atom is -0.271 e. The summed E-state index contributed by atoms with van der Waals surface area (Å²) < 4.78 is 0. The first-order chi connectivity index (χ1) is 13.1. The Balaban J connectivity index is 1.80. The van der Waals surface area contributed by atoms with E-state index in [2.05, 4.69) is 19.1 Å². The van der Waals surface area contributed by atoms with Crippen molar-refractivity contribution in [2.75, 3.05) is 0 Å². The van der Waals surface area contributed by atoms with Crippen molar-refractivity contribution in [3.8, 4) is 0 Å². The number of amides is 1. The third-order valence-electron chi connectivity index (χ3n) is 5.56. The molecule has 0 bridgehead atoms. The molecule has 0 unspecified atom stereocenters. The molecule has 4 heteroatoms. The average molecular weight is 377 g/mol. The fourth-order valence-corrected chi connectivity index (χ4v) is 4.62. The van der Waals surface area contributed by atoms with Gasteiger partial charge in [0.25, 0.3) is 5.91 Å². The van der Waals surface area contributed by atoms with Crippen molar-refractivity contribution < 1.29 is 4.79 Å². The molecule has 0 saturated heterocycles. The summed E-state index contributed by atoms with van der Waals surface area (Å²) in [6.45, 7) is 2.07. The Kier molecular flexibility index (Phi) is 4.92. The molecule has 2 aliphatic rings. The van der Waals surface area contributed by atoms with Gasteiger partial charge in [-0.15, -0.1) is 0 Å². The number of rotatable bonds is 2. The number of aliphatic imine (C=N–C) groups is 1. The third kappa shape index (κ3) is 3.34. The van der Waals surface area contributed by atoms with Crippen LogP contribution in [0.2, 0.25) is 0 Å². The Labute approximate surface area is 166 Å². The van der Waals surface area contributed by atoms with Gasteiger partial charge >= 0.3 is 0 Å². The molecule has 0 N–H and O–H groups in total. The molecule has 1 amide bonds. The van der Waals surface area contributed by atoms with Crippen LogP contribution in [0.25, 0.3) is 0 Å². The number of benzene rings is 2. The second-order valence-corrected chi connectivity index (χ2v) is 7.92. The van der Waals surface area contributed by atoms with Gasteiger partial charge in [0.05, 0.1) is 0 Å². The molecule has 1 fully saturated rings. The van der Waals surface area contributed by atoms with Gasteiger partial charge in [-0.05, 0) is 50.8 Å². The van der Waals surface area contributed by atoms with Crippen molar-refractivity contribution in [2.45, 2.75) is 51.1 Å². The Morgan fingerprint density at radius 2 is 1.70 bits per heavy atom. The number of hydrogen-bond donors (Lipinski definition) is 0. The van der Waals surface area contributed by atoms with Crippen molar-refractivity contribution in [3.63, 3.8) is 0 Å². The summed E-state index contributed by atoms with van der Waals surface area (Å²) in [6.07, 6.45) is 6.29. The molecule has 4 rings (SSSR count). The van der Waals surface area contributed by atoms with E-state index in [0.29, 0.717) is 10.6 Å². The van der Waals surface area contributed by atoms with E-state index in [-0.39, 0.29) is 5.91 Å². The summed E-state index contributed by atoms with van der Waals surface area (Å²) in [4.78, 5) is 21.0. The molecular weight excluding hydrogens is 352 g/mol. The summed E-state index contributed by atoms with van der Waals surface area (Å²) in [7, 11) is 0. The van der Waals surface area contributed by atoms with Crippen LogP contribution in [0.5, 0.6) is 0 Å². The number of aryl methyl sites for hydroxylation is 1. The minimum absolute atomic E-state index is 0.0334. The normalized spacial score (nSPS) is 19.1. The highest BCUT2D eigenvalue weighted by molar-refractivity contribution is 7.82. The predicted molar refractivity (Wildman–Crippen MR) is 113 cm³/mol. The molecule has 1 spiro atoms. The lowest BCUT2D eigenvalue weighted by molar-refractivity contribution is 0.0692. The predicted octanol–water partition coefficient (Wildman–Crippen LogP) is 5.32. The molecule has 1 heterocycles. The maximum Gasteiger partial charge on any atom is 0.260 e. The molecule has 0 radical (unpaired) electrons. The van der Waals surface area contributed by atoms with Crippen LogP contribution in [0, 0.1) is 6.92 Å². The summed E-state index contributed by atoms with van der Waals surface area (Å²) >= 11 is 5.84. The van der Waals surface area contributed by atoms with Gasteiger partial charge in [-0.1, -0.05) is 67.0 Å². The van der Waals surface area contributed by atoms with Crippen LogP contribution < -0.4 is 0 Å². The second kappa shape index (κ2) is 7.35. The van der Waals surface area contributed by atoms with E-state index in [1.807, 2.05) is 47.4 Å².